The summed E-state index contributed by atoms with van der Waals surface area (Å²) in [6, 6.07) is 8.71. The lowest BCUT2D eigenvalue weighted by Gasteiger charge is -2.17. The molecule has 1 aliphatic heterocycles. The van der Waals surface area contributed by atoms with Gasteiger partial charge in [0.1, 0.15) is 0 Å². The van der Waals surface area contributed by atoms with Gasteiger partial charge in [0, 0.05) is 37.9 Å². The molecule has 1 fully saturated rings. The first kappa shape index (κ1) is 18.2. The lowest BCUT2D eigenvalue weighted by atomic mass is 9.94. The van der Waals surface area contributed by atoms with E-state index in [-0.39, 0.29) is 5.91 Å². The molecule has 1 amide bonds. The van der Waals surface area contributed by atoms with Gasteiger partial charge < -0.3 is 10.2 Å². The molecular formula is C22H30N4O. The number of likely N-dealkylation sites (tertiary alicyclic amines) is 1. The van der Waals surface area contributed by atoms with Crippen molar-refractivity contribution in [3.8, 4) is 0 Å². The smallest absolute Gasteiger partial charge is 0.272 e. The highest BCUT2D eigenvalue weighted by molar-refractivity contribution is 5.94. The number of amides is 1. The van der Waals surface area contributed by atoms with Crippen LogP contribution in [0.2, 0.25) is 0 Å². The minimum Gasteiger partial charge on any atom is -0.349 e. The predicted molar refractivity (Wildman–Crippen MR) is 107 cm³/mol. The first-order chi connectivity index (χ1) is 13.1. The molecule has 2 aromatic rings. The van der Waals surface area contributed by atoms with Gasteiger partial charge in [-0.1, -0.05) is 24.3 Å². The summed E-state index contributed by atoms with van der Waals surface area (Å²) in [4.78, 5) is 15.1. The van der Waals surface area contributed by atoms with Crippen LogP contribution in [0.15, 0.2) is 24.3 Å². The van der Waals surface area contributed by atoms with Crippen molar-refractivity contribution >= 4 is 5.91 Å². The summed E-state index contributed by atoms with van der Waals surface area (Å²) in [6.45, 7) is 5.98. The van der Waals surface area contributed by atoms with Crippen molar-refractivity contribution in [2.75, 3.05) is 26.2 Å². The number of nitrogens with one attached hydrogen (secondary N) is 1. The molecule has 4 rings (SSSR count). The number of carbonyl (C=O) groups excluding carboxylic acids is 1. The van der Waals surface area contributed by atoms with Crippen molar-refractivity contribution in [2.24, 2.45) is 7.05 Å². The molecule has 2 heterocycles. The second-order valence-electron chi connectivity index (χ2n) is 8.00. The number of carbonyl (C=O) groups is 1. The monoisotopic (exact) mass is 366 g/mol. The molecule has 2 aliphatic rings. The number of fused-ring (bicyclic) bond motifs is 1. The van der Waals surface area contributed by atoms with Crippen LogP contribution < -0.4 is 5.32 Å². The first-order valence-corrected chi connectivity index (χ1v) is 10.2. The van der Waals surface area contributed by atoms with E-state index in [9.17, 15) is 4.79 Å². The fourth-order valence-electron chi connectivity index (χ4n) is 4.70. The Morgan fingerprint density at radius 2 is 2.07 bits per heavy atom. The third-order valence-corrected chi connectivity index (χ3v) is 6.19. The van der Waals surface area contributed by atoms with E-state index in [4.69, 9.17) is 0 Å². The van der Waals surface area contributed by atoms with Gasteiger partial charge in [-0.25, -0.2) is 0 Å². The quantitative estimate of drug-likeness (QED) is 0.885. The molecule has 5 heteroatoms. The molecule has 144 valence electrons. The molecule has 5 nitrogen and oxygen atoms in total. The molecule has 1 N–H and O–H groups in total. The van der Waals surface area contributed by atoms with Gasteiger partial charge in [0.2, 0.25) is 0 Å². The van der Waals surface area contributed by atoms with E-state index in [2.05, 4.69) is 46.5 Å². The zero-order valence-electron chi connectivity index (χ0n) is 16.5. The first-order valence-electron chi connectivity index (χ1n) is 10.2. The Bertz CT molecular complexity index is 826. The number of benzene rings is 1. The molecular weight excluding hydrogens is 336 g/mol. The van der Waals surface area contributed by atoms with E-state index in [1.807, 2.05) is 11.7 Å². The van der Waals surface area contributed by atoms with Crippen LogP contribution >= 0.6 is 0 Å². The minimum atomic E-state index is -0.0107. The van der Waals surface area contributed by atoms with Crippen molar-refractivity contribution in [1.29, 1.82) is 0 Å². The summed E-state index contributed by atoms with van der Waals surface area (Å²) in [5.41, 5.74) is 5.92. The molecule has 1 saturated heterocycles. The van der Waals surface area contributed by atoms with Crippen LogP contribution in [0.25, 0.3) is 0 Å². The molecule has 0 bridgehead atoms. The maximum absolute atomic E-state index is 12.6. The van der Waals surface area contributed by atoms with Crippen molar-refractivity contribution in [2.45, 2.75) is 44.9 Å². The maximum Gasteiger partial charge on any atom is 0.272 e. The summed E-state index contributed by atoms with van der Waals surface area (Å²) in [7, 11) is 1.96. The number of rotatable bonds is 5. The minimum absolute atomic E-state index is 0.0107. The fourth-order valence-corrected chi connectivity index (χ4v) is 4.70. The number of hydrogen-bond acceptors (Lipinski definition) is 3. The Hall–Kier alpha value is -2.14. The zero-order valence-corrected chi connectivity index (χ0v) is 16.5. The number of nitrogens with zero attached hydrogens (tertiary/aromatic N) is 3. The summed E-state index contributed by atoms with van der Waals surface area (Å²) < 4.78 is 1.90. The highest BCUT2D eigenvalue weighted by atomic mass is 16.1. The van der Waals surface area contributed by atoms with E-state index >= 15 is 0 Å². The molecule has 1 atom stereocenters. The summed E-state index contributed by atoms with van der Waals surface area (Å²) in [6.07, 6.45) is 5.58. The largest absolute Gasteiger partial charge is 0.349 e. The third-order valence-electron chi connectivity index (χ3n) is 6.19. The van der Waals surface area contributed by atoms with Crippen molar-refractivity contribution in [3.05, 3.63) is 52.3 Å². The van der Waals surface area contributed by atoms with Crippen molar-refractivity contribution in [1.82, 2.24) is 20.0 Å². The predicted octanol–water partition coefficient (Wildman–Crippen LogP) is 2.83. The van der Waals surface area contributed by atoms with E-state index in [0.29, 0.717) is 18.2 Å². The molecule has 0 spiro atoms. The van der Waals surface area contributed by atoms with Crippen molar-refractivity contribution < 1.29 is 4.79 Å². The second-order valence-corrected chi connectivity index (χ2v) is 8.00. The van der Waals surface area contributed by atoms with Gasteiger partial charge in [0.25, 0.3) is 5.91 Å². The van der Waals surface area contributed by atoms with Gasteiger partial charge in [-0.3, -0.25) is 9.48 Å². The van der Waals surface area contributed by atoms with E-state index in [1.54, 1.807) is 0 Å². The van der Waals surface area contributed by atoms with Crippen LogP contribution in [-0.2, 0) is 19.9 Å². The van der Waals surface area contributed by atoms with Crippen LogP contribution in [-0.4, -0.2) is 46.8 Å². The van der Waals surface area contributed by atoms with E-state index < -0.39 is 0 Å². The van der Waals surface area contributed by atoms with Crippen molar-refractivity contribution in [3.63, 3.8) is 0 Å². The molecule has 1 aromatic carbocycles. The molecule has 0 unspecified atom stereocenters. The molecule has 1 aliphatic carbocycles. The van der Waals surface area contributed by atoms with Gasteiger partial charge in [-0.2, -0.15) is 5.10 Å². The SMILES string of the molecule is Cc1ccccc1[C@@H]1CCN(CCNC(=O)c2nn(C)c3c2CCCC3)C1. The van der Waals surface area contributed by atoms with Crippen LogP contribution in [0, 0.1) is 6.92 Å². The Morgan fingerprint density at radius 1 is 1.26 bits per heavy atom. The van der Waals surface area contributed by atoms with Gasteiger partial charge in [0.15, 0.2) is 5.69 Å². The Kier molecular flexibility index (Phi) is 5.30. The highest BCUT2D eigenvalue weighted by Gasteiger charge is 2.26. The number of aromatic nitrogens is 2. The Balaban J connectivity index is 1.29. The van der Waals surface area contributed by atoms with Gasteiger partial charge in [-0.05, 0) is 62.6 Å². The van der Waals surface area contributed by atoms with E-state index in [1.165, 1.54) is 35.2 Å². The zero-order chi connectivity index (χ0) is 18.8. The molecule has 0 radical (unpaired) electrons. The average Bonchev–Trinajstić information content (AvgIpc) is 3.27. The lowest BCUT2D eigenvalue weighted by molar-refractivity contribution is 0.0943. The van der Waals surface area contributed by atoms with Crippen LogP contribution in [0.3, 0.4) is 0 Å². The maximum atomic E-state index is 12.6. The Labute approximate surface area is 161 Å². The fraction of sp³-hybridized carbons (Fsp3) is 0.545. The normalized spacial score (nSPS) is 19.9. The molecule has 1 aromatic heterocycles. The average molecular weight is 367 g/mol. The third kappa shape index (κ3) is 3.79. The van der Waals surface area contributed by atoms with Crippen LogP contribution in [0.4, 0.5) is 0 Å². The molecule has 0 saturated carbocycles. The highest BCUT2D eigenvalue weighted by Crippen LogP contribution is 2.29. The number of hydrogen-bond donors (Lipinski definition) is 1. The molecule has 27 heavy (non-hydrogen) atoms. The van der Waals surface area contributed by atoms with Gasteiger partial charge >= 0.3 is 0 Å². The Morgan fingerprint density at radius 3 is 2.93 bits per heavy atom. The summed E-state index contributed by atoms with van der Waals surface area (Å²) in [5.74, 6) is 0.605. The standard InChI is InChI=1S/C22H30N4O/c1-16-7-3-4-8-18(16)17-11-13-26(15-17)14-12-23-22(27)21-19-9-5-6-10-20(19)25(2)24-21/h3-4,7-8,17H,5-6,9-15H2,1-2H3,(H,23,27)/t17-/m1/s1. The number of aryl methyl sites for hydroxylation is 2. The van der Waals surface area contributed by atoms with Gasteiger partial charge in [-0.15, -0.1) is 0 Å². The van der Waals surface area contributed by atoms with Crippen LogP contribution in [0.5, 0.6) is 0 Å². The lowest BCUT2D eigenvalue weighted by Crippen LogP contribution is -2.34. The van der Waals surface area contributed by atoms with Gasteiger partial charge in [0.05, 0.1) is 0 Å². The second kappa shape index (κ2) is 7.85. The summed E-state index contributed by atoms with van der Waals surface area (Å²) in [5, 5.41) is 7.59. The summed E-state index contributed by atoms with van der Waals surface area (Å²) >= 11 is 0. The van der Waals surface area contributed by atoms with E-state index in [0.717, 1.165) is 38.9 Å². The van der Waals surface area contributed by atoms with Crippen LogP contribution in [0.1, 0.15) is 58.1 Å². The topological polar surface area (TPSA) is 50.2 Å².